The summed E-state index contributed by atoms with van der Waals surface area (Å²) in [5.74, 6) is 1.23. The lowest BCUT2D eigenvalue weighted by molar-refractivity contribution is 0.318. The number of rotatable bonds is 6. The van der Waals surface area contributed by atoms with Crippen molar-refractivity contribution in [2.24, 2.45) is 0 Å². The molecule has 2 rings (SSSR count). The monoisotopic (exact) mass is 297 g/mol. The van der Waals surface area contributed by atoms with Crippen LogP contribution in [0.25, 0.3) is 0 Å². The Bertz CT molecular complexity index is 554. The number of nitrogens with one attached hydrogen (secondary N) is 1. The molecule has 0 aliphatic carbocycles. The van der Waals surface area contributed by atoms with Gasteiger partial charge in [0.1, 0.15) is 15.6 Å². The summed E-state index contributed by atoms with van der Waals surface area (Å²) >= 11 is 0. The van der Waals surface area contributed by atoms with Gasteiger partial charge < -0.3 is 10.1 Å². The Labute approximate surface area is 121 Å². The maximum atomic E-state index is 11.4. The summed E-state index contributed by atoms with van der Waals surface area (Å²) in [6.45, 7) is 4.27. The van der Waals surface area contributed by atoms with Crippen molar-refractivity contribution in [2.45, 2.75) is 39.2 Å². The minimum atomic E-state index is -2.90. The highest BCUT2D eigenvalue weighted by atomic mass is 32.2. The molecule has 0 amide bonds. The SMILES string of the molecule is CCS(=O)(=O)CCCOc1cccc2c1NC(C)CC2. The average Bonchev–Trinajstić information content (AvgIpc) is 2.44. The first-order chi connectivity index (χ1) is 9.52. The van der Waals surface area contributed by atoms with E-state index >= 15 is 0 Å². The number of anilines is 1. The van der Waals surface area contributed by atoms with Crippen LogP contribution in [0, 0.1) is 0 Å². The maximum absolute atomic E-state index is 11.4. The van der Waals surface area contributed by atoms with Crippen LogP contribution in [0.15, 0.2) is 18.2 Å². The second kappa shape index (κ2) is 6.48. The molecular weight excluding hydrogens is 274 g/mol. The molecule has 0 aromatic heterocycles. The van der Waals surface area contributed by atoms with Crippen molar-refractivity contribution in [3.8, 4) is 5.75 Å². The molecule has 1 N–H and O–H groups in total. The highest BCUT2D eigenvalue weighted by molar-refractivity contribution is 7.91. The van der Waals surface area contributed by atoms with E-state index in [1.165, 1.54) is 5.56 Å². The molecule has 1 heterocycles. The van der Waals surface area contributed by atoms with Crippen LogP contribution in [0.5, 0.6) is 5.75 Å². The summed E-state index contributed by atoms with van der Waals surface area (Å²) in [5, 5.41) is 3.45. The molecule has 0 bridgehead atoms. The van der Waals surface area contributed by atoms with E-state index in [4.69, 9.17) is 4.74 Å². The molecule has 1 aromatic rings. The van der Waals surface area contributed by atoms with Gasteiger partial charge >= 0.3 is 0 Å². The van der Waals surface area contributed by atoms with E-state index in [2.05, 4.69) is 18.3 Å². The van der Waals surface area contributed by atoms with Crippen LogP contribution in [-0.4, -0.2) is 32.6 Å². The van der Waals surface area contributed by atoms with E-state index in [1.807, 2.05) is 12.1 Å². The second-order valence-electron chi connectivity index (χ2n) is 5.31. The lowest BCUT2D eigenvalue weighted by Crippen LogP contribution is -2.22. The van der Waals surface area contributed by atoms with E-state index in [9.17, 15) is 8.42 Å². The van der Waals surface area contributed by atoms with Gasteiger partial charge in [-0.2, -0.15) is 0 Å². The fourth-order valence-electron chi connectivity index (χ4n) is 2.36. The number of hydrogen-bond acceptors (Lipinski definition) is 4. The number of aryl methyl sites for hydroxylation is 1. The first kappa shape index (κ1) is 15.2. The van der Waals surface area contributed by atoms with Gasteiger partial charge in [0.2, 0.25) is 0 Å². The average molecular weight is 297 g/mol. The number of sulfone groups is 1. The topological polar surface area (TPSA) is 55.4 Å². The normalized spacial score (nSPS) is 18.2. The Morgan fingerprint density at radius 3 is 2.95 bits per heavy atom. The maximum Gasteiger partial charge on any atom is 0.150 e. The fraction of sp³-hybridized carbons (Fsp3) is 0.600. The summed E-state index contributed by atoms with van der Waals surface area (Å²) in [4.78, 5) is 0. The van der Waals surface area contributed by atoms with Gasteiger partial charge in [-0.15, -0.1) is 0 Å². The quantitative estimate of drug-likeness (QED) is 0.820. The third kappa shape index (κ3) is 3.88. The van der Waals surface area contributed by atoms with Gasteiger partial charge in [0.25, 0.3) is 0 Å². The van der Waals surface area contributed by atoms with E-state index in [0.29, 0.717) is 19.1 Å². The highest BCUT2D eigenvalue weighted by Crippen LogP contribution is 2.33. The zero-order chi connectivity index (χ0) is 14.6. The van der Waals surface area contributed by atoms with Crippen molar-refractivity contribution in [1.82, 2.24) is 0 Å². The van der Waals surface area contributed by atoms with Crippen molar-refractivity contribution in [3.63, 3.8) is 0 Å². The number of ether oxygens (including phenoxy) is 1. The van der Waals surface area contributed by atoms with E-state index in [0.717, 1.165) is 24.3 Å². The fourth-order valence-corrected chi connectivity index (χ4v) is 3.21. The standard InChI is InChI=1S/C15H23NO3S/c1-3-20(17,18)11-5-10-19-14-7-4-6-13-9-8-12(2)16-15(13)14/h4,6-7,12,16H,3,5,8-11H2,1-2H3. The molecule has 0 saturated carbocycles. The van der Waals surface area contributed by atoms with Crippen LogP contribution >= 0.6 is 0 Å². The third-order valence-electron chi connectivity index (χ3n) is 3.65. The van der Waals surface area contributed by atoms with E-state index in [1.54, 1.807) is 6.92 Å². The van der Waals surface area contributed by atoms with E-state index < -0.39 is 9.84 Å². The smallest absolute Gasteiger partial charge is 0.150 e. The summed E-state index contributed by atoms with van der Waals surface area (Å²) in [6.07, 6.45) is 2.73. The number of para-hydroxylation sites is 1. The van der Waals surface area contributed by atoms with Crippen molar-refractivity contribution in [2.75, 3.05) is 23.4 Å². The molecule has 1 atom stereocenters. The molecule has 0 radical (unpaired) electrons. The lowest BCUT2D eigenvalue weighted by Gasteiger charge is -2.26. The summed E-state index contributed by atoms with van der Waals surface area (Å²) in [7, 11) is -2.90. The Hall–Kier alpha value is -1.23. The van der Waals surface area contributed by atoms with Crippen molar-refractivity contribution >= 4 is 15.5 Å². The van der Waals surface area contributed by atoms with E-state index in [-0.39, 0.29) is 11.5 Å². The lowest BCUT2D eigenvalue weighted by atomic mass is 9.98. The minimum absolute atomic E-state index is 0.197. The molecule has 0 spiro atoms. The van der Waals surface area contributed by atoms with Crippen LogP contribution in [0.3, 0.4) is 0 Å². The largest absolute Gasteiger partial charge is 0.491 e. The summed E-state index contributed by atoms with van der Waals surface area (Å²) in [6, 6.07) is 6.50. The first-order valence-electron chi connectivity index (χ1n) is 7.23. The molecule has 1 unspecified atom stereocenters. The van der Waals surface area contributed by atoms with Gasteiger partial charge in [0.05, 0.1) is 18.0 Å². The van der Waals surface area contributed by atoms with Crippen molar-refractivity contribution in [1.29, 1.82) is 0 Å². The highest BCUT2D eigenvalue weighted by Gasteiger charge is 2.17. The van der Waals surface area contributed by atoms with Gasteiger partial charge in [0.15, 0.2) is 0 Å². The first-order valence-corrected chi connectivity index (χ1v) is 9.05. The van der Waals surface area contributed by atoms with Gasteiger partial charge in [-0.05, 0) is 37.8 Å². The summed E-state index contributed by atoms with van der Waals surface area (Å²) < 4.78 is 28.6. The molecule has 1 aliphatic heterocycles. The molecule has 1 aliphatic rings. The van der Waals surface area contributed by atoms with Gasteiger partial charge in [-0.3, -0.25) is 0 Å². The number of hydrogen-bond donors (Lipinski definition) is 1. The second-order valence-corrected chi connectivity index (χ2v) is 7.79. The predicted molar refractivity (Wildman–Crippen MR) is 82.3 cm³/mol. The molecule has 1 aromatic carbocycles. The zero-order valence-electron chi connectivity index (χ0n) is 12.2. The van der Waals surface area contributed by atoms with Crippen LogP contribution in [0.1, 0.15) is 32.3 Å². The Morgan fingerprint density at radius 1 is 1.40 bits per heavy atom. The summed E-state index contributed by atoms with van der Waals surface area (Å²) in [5.41, 5.74) is 2.35. The molecule has 0 saturated heterocycles. The molecule has 4 nitrogen and oxygen atoms in total. The minimum Gasteiger partial charge on any atom is -0.491 e. The molecular formula is C15H23NO3S. The van der Waals surface area contributed by atoms with Gasteiger partial charge in [-0.1, -0.05) is 19.1 Å². The van der Waals surface area contributed by atoms with Crippen LogP contribution in [-0.2, 0) is 16.3 Å². The van der Waals surface area contributed by atoms with Crippen LogP contribution < -0.4 is 10.1 Å². The number of fused-ring (bicyclic) bond motifs is 1. The van der Waals surface area contributed by atoms with Gasteiger partial charge in [0, 0.05) is 11.8 Å². The van der Waals surface area contributed by atoms with Crippen molar-refractivity contribution < 1.29 is 13.2 Å². The third-order valence-corrected chi connectivity index (χ3v) is 5.44. The Kier molecular flexibility index (Phi) is 4.91. The predicted octanol–water partition coefficient (Wildman–Crippen LogP) is 2.64. The zero-order valence-corrected chi connectivity index (χ0v) is 13.0. The Morgan fingerprint density at radius 2 is 2.20 bits per heavy atom. The molecule has 5 heteroatoms. The Balaban J connectivity index is 1.94. The van der Waals surface area contributed by atoms with Crippen LogP contribution in [0.4, 0.5) is 5.69 Å². The molecule has 112 valence electrons. The number of benzene rings is 1. The molecule has 0 fully saturated rings. The molecule has 20 heavy (non-hydrogen) atoms. The van der Waals surface area contributed by atoms with Crippen molar-refractivity contribution in [3.05, 3.63) is 23.8 Å². The van der Waals surface area contributed by atoms with Crippen LogP contribution in [0.2, 0.25) is 0 Å². The van der Waals surface area contributed by atoms with Gasteiger partial charge in [-0.25, -0.2) is 8.42 Å².